The van der Waals surface area contributed by atoms with Crippen LogP contribution in [0.2, 0.25) is 0 Å². The molecular formula is C21H35Cl2N3O. The Morgan fingerprint density at radius 1 is 1.04 bits per heavy atom. The highest BCUT2D eigenvalue weighted by molar-refractivity contribution is 5.85. The summed E-state index contributed by atoms with van der Waals surface area (Å²) in [5, 5.41) is 6.60. The van der Waals surface area contributed by atoms with Crippen molar-refractivity contribution in [3.63, 3.8) is 0 Å². The van der Waals surface area contributed by atoms with E-state index in [4.69, 9.17) is 0 Å². The van der Waals surface area contributed by atoms with Crippen molar-refractivity contribution in [3.8, 4) is 0 Å². The SMILES string of the molecule is CC(C)(C)c1ccc(N2CCC(NC(=O)[C@H]3CCCCN3)CC2)cc1.Cl.Cl. The highest BCUT2D eigenvalue weighted by Crippen LogP contribution is 2.26. The number of benzene rings is 1. The van der Waals surface area contributed by atoms with Crippen molar-refractivity contribution in [1.82, 2.24) is 10.6 Å². The molecule has 2 fully saturated rings. The number of carbonyl (C=O) groups excluding carboxylic acids is 1. The van der Waals surface area contributed by atoms with Gasteiger partial charge in [0.2, 0.25) is 5.91 Å². The first-order chi connectivity index (χ1) is 11.9. The van der Waals surface area contributed by atoms with Crippen LogP contribution in [0.25, 0.3) is 0 Å². The molecule has 2 heterocycles. The minimum absolute atomic E-state index is 0. The first-order valence-corrected chi connectivity index (χ1v) is 9.83. The van der Waals surface area contributed by atoms with E-state index in [0.717, 1.165) is 45.3 Å². The van der Waals surface area contributed by atoms with Crippen LogP contribution in [0, 0.1) is 0 Å². The van der Waals surface area contributed by atoms with Crippen LogP contribution < -0.4 is 15.5 Å². The van der Waals surface area contributed by atoms with Crippen LogP contribution in [0.5, 0.6) is 0 Å². The Kier molecular flexibility index (Phi) is 9.40. The molecule has 2 aliphatic heterocycles. The van der Waals surface area contributed by atoms with Crippen LogP contribution in [0.4, 0.5) is 5.69 Å². The lowest BCUT2D eigenvalue weighted by molar-refractivity contribution is -0.124. The van der Waals surface area contributed by atoms with Crippen LogP contribution >= 0.6 is 24.8 Å². The zero-order valence-corrected chi connectivity index (χ0v) is 18.4. The first-order valence-electron chi connectivity index (χ1n) is 9.83. The summed E-state index contributed by atoms with van der Waals surface area (Å²) < 4.78 is 0. The van der Waals surface area contributed by atoms with Gasteiger partial charge in [-0.2, -0.15) is 0 Å². The van der Waals surface area contributed by atoms with Gasteiger partial charge in [0.05, 0.1) is 6.04 Å². The number of piperidine rings is 2. The summed E-state index contributed by atoms with van der Waals surface area (Å²) in [6.07, 6.45) is 5.38. The lowest BCUT2D eigenvalue weighted by Crippen LogP contribution is -2.52. The molecule has 2 aliphatic rings. The van der Waals surface area contributed by atoms with Crippen LogP contribution in [0.15, 0.2) is 24.3 Å². The van der Waals surface area contributed by atoms with Gasteiger partial charge in [-0.25, -0.2) is 0 Å². The molecule has 27 heavy (non-hydrogen) atoms. The lowest BCUT2D eigenvalue weighted by Gasteiger charge is -2.35. The topological polar surface area (TPSA) is 44.4 Å². The van der Waals surface area contributed by atoms with Crippen LogP contribution in [-0.2, 0) is 10.2 Å². The van der Waals surface area contributed by atoms with E-state index >= 15 is 0 Å². The highest BCUT2D eigenvalue weighted by atomic mass is 35.5. The molecule has 1 aromatic carbocycles. The smallest absolute Gasteiger partial charge is 0.237 e. The molecule has 0 spiro atoms. The number of rotatable bonds is 3. The second-order valence-corrected chi connectivity index (χ2v) is 8.57. The van der Waals surface area contributed by atoms with Crippen LogP contribution in [-0.4, -0.2) is 37.6 Å². The summed E-state index contributed by atoms with van der Waals surface area (Å²) in [5.74, 6) is 0.202. The van der Waals surface area contributed by atoms with Gasteiger partial charge in [-0.3, -0.25) is 4.79 Å². The quantitative estimate of drug-likeness (QED) is 0.781. The predicted molar refractivity (Wildman–Crippen MR) is 119 cm³/mol. The van der Waals surface area contributed by atoms with Crippen molar-refractivity contribution in [3.05, 3.63) is 29.8 Å². The van der Waals surface area contributed by atoms with Crippen LogP contribution in [0.3, 0.4) is 0 Å². The van der Waals surface area contributed by atoms with Crippen molar-refractivity contribution < 1.29 is 4.79 Å². The second-order valence-electron chi connectivity index (χ2n) is 8.57. The number of amides is 1. The Balaban J connectivity index is 0.00000182. The Hall–Kier alpha value is -0.970. The average Bonchev–Trinajstić information content (AvgIpc) is 2.62. The summed E-state index contributed by atoms with van der Waals surface area (Å²) >= 11 is 0. The maximum atomic E-state index is 12.4. The van der Waals surface area contributed by atoms with Crippen molar-refractivity contribution in [2.75, 3.05) is 24.5 Å². The lowest BCUT2D eigenvalue weighted by atomic mass is 9.87. The summed E-state index contributed by atoms with van der Waals surface area (Å²) in [6.45, 7) is 9.74. The van der Waals surface area contributed by atoms with E-state index in [0.29, 0.717) is 6.04 Å². The van der Waals surface area contributed by atoms with Gasteiger partial charge in [0, 0.05) is 24.8 Å². The van der Waals surface area contributed by atoms with Gasteiger partial charge in [-0.05, 0) is 55.3 Å². The molecule has 3 rings (SSSR count). The van der Waals surface area contributed by atoms with Gasteiger partial charge in [0.15, 0.2) is 0 Å². The fourth-order valence-corrected chi connectivity index (χ4v) is 3.83. The first kappa shape index (κ1) is 24.1. The number of hydrogen-bond donors (Lipinski definition) is 2. The minimum atomic E-state index is 0. The molecule has 2 N–H and O–H groups in total. The van der Waals surface area contributed by atoms with E-state index in [1.165, 1.54) is 17.7 Å². The molecule has 0 bridgehead atoms. The molecule has 0 aromatic heterocycles. The van der Waals surface area contributed by atoms with Gasteiger partial charge in [-0.1, -0.05) is 39.3 Å². The number of nitrogens with zero attached hydrogens (tertiary/aromatic N) is 1. The van der Waals surface area contributed by atoms with Crippen LogP contribution in [0.1, 0.15) is 58.4 Å². The molecule has 1 atom stereocenters. The Labute approximate surface area is 176 Å². The summed E-state index contributed by atoms with van der Waals surface area (Å²) in [4.78, 5) is 14.8. The fraction of sp³-hybridized carbons (Fsp3) is 0.667. The third kappa shape index (κ3) is 6.55. The molecule has 0 unspecified atom stereocenters. The zero-order chi connectivity index (χ0) is 17.9. The molecule has 154 valence electrons. The normalized spacial score (nSPS) is 21.0. The molecule has 0 radical (unpaired) electrons. The van der Waals surface area contributed by atoms with E-state index in [9.17, 15) is 4.79 Å². The number of carbonyl (C=O) groups is 1. The molecule has 0 aliphatic carbocycles. The van der Waals surface area contributed by atoms with Crippen molar-refractivity contribution >= 4 is 36.4 Å². The van der Waals surface area contributed by atoms with Gasteiger partial charge in [0.25, 0.3) is 0 Å². The Bertz CT molecular complexity index is 572. The Morgan fingerprint density at radius 2 is 1.67 bits per heavy atom. The molecular weight excluding hydrogens is 381 g/mol. The molecule has 6 heteroatoms. The van der Waals surface area contributed by atoms with Crippen molar-refractivity contribution in [1.29, 1.82) is 0 Å². The summed E-state index contributed by atoms with van der Waals surface area (Å²) in [7, 11) is 0. The zero-order valence-electron chi connectivity index (χ0n) is 16.8. The van der Waals surface area contributed by atoms with Crippen molar-refractivity contribution in [2.45, 2.75) is 70.4 Å². The summed E-state index contributed by atoms with van der Waals surface area (Å²) in [6, 6.07) is 9.32. The summed E-state index contributed by atoms with van der Waals surface area (Å²) in [5.41, 5.74) is 2.87. The highest BCUT2D eigenvalue weighted by Gasteiger charge is 2.25. The van der Waals surface area contributed by atoms with Gasteiger partial charge in [0.1, 0.15) is 0 Å². The van der Waals surface area contributed by atoms with E-state index < -0.39 is 0 Å². The molecule has 2 saturated heterocycles. The molecule has 1 aromatic rings. The molecule has 4 nitrogen and oxygen atoms in total. The maximum absolute atomic E-state index is 12.4. The molecule has 0 saturated carbocycles. The second kappa shape index (κ2) is 10.5. The Morgan fingerprint density at radius 3 is 2.19 bits per heavy atom. The minimum Gasteiger partial charge on any atom is -0.371 e. The average molecular weight is 416 g/mol. The van der Waals surface area contributed by atoms with E-state index in [2.05, 4.69) is 60.6 Å². The standard InChI is InChI=1S/C21H33N3O.2ClH/c1-21(2,3)16-7-9-18(10-8-16)24-14-11-17(12-15-24)23-20(25)19-6-4-5-13-22-19;;/h7-10,17,19,22H,4-6,11-15H2,1-3H3,(H,23,25);2*1H/t19-;;/m1../s1. The fourth-order valence-electron chi connectivity index (χ4n) is 3.83. The number of nitrogens with one attached hydrogen (secondary N) is 2. The third-order valence-electron chi connectivity index (χ3n) is 5.57. The monoisotopic (exact) mass is 415 g/mol. The largest absolute Gasteiger partial charge is 0.371 e. The maximum Gasteiger partial charge on any atom is 0.237 e. The number of anilines is 1. The third-order valence-corrected chi connectivity index (χ3v) is 5.57. The molecule has 1 amide bonds. The van der Waals surface area contributed by atoms with Gasteiger partial charge in [-0.15, -0.1) is 24.8 Å². The number of hydrogen-bond acceptors (Lipinski definition) is 3. The van der Waals surface area contributed by atoms with E-state index in [-0.39, 0.29) is 42.2 Å². The van der Waals surface area contributed by atoms with Gasteiger partial charge < -0.3 is 15.5 Å². The van der Waals surface area contributed by atoms with E-state index in [1.54, 1.807) is 0 Å². The van der Waals surface area contributed by atoms with Crippen molar-refractivity contribution in [2.24, 2.45) is 0 Å². The predicted octanol–water partition coefficient (Wildman–Crippen LogP) is 4.05. The van der Waals surface area contributed by atoms with E-state index in [1.807, 2.05) is 0 Å². The number of halogens is 2. The van der Waals surface area contributed by atoms with Gasteiger partial charge >= 0.3 is 0 Å².